The largest absolute Gasteiger partial charge is 0.367 e. The monoisotopic (exact) mass is 351 g/mol. The van der Waals surface area contributed by atoms with Crippen LogP contribution in [0.15, 0.2) is 23.4 Å². The number of hydrogen-bond donors (Lipinski definition) is 0. The summed E-state index contributed by atoms with van der Waals surface area (Å²) in [6.07, 6.45) is 2.61. The van der Waals surface area contributed by atoms with Crippen molar-refractivity contribution in [3.63, 3.8) is 0 Å². The molecule has 0 aromatic carbocycles. The Kier molecular flexibility index (Phi) is 4.66. The van der Waals surface area contributed by atoms with Crippen molar-refractivity contribution >= 4 is 10.0 Å². The normalized spacial score (nSPS) is 19.5. The standard InChI is InChI=1S/C15H21N5O3S/c1-4-20-12(3)14(9-17-20)24(21,22)19-7-8-23-13(10-19)15-16-6-5-11(2)18-15/h5-6,9,13H,4,7-8,10H2,1-3H3/t13-/m1/s1. The van der Waals surface area contributed by atoms with Crippen molar-refractivity contribution in [3.05, 3.63) is 35.7 Å². The van der Waals surface area contributed by atoms with E-state index < -0.39 is 16.1 Å². The van der Waals surface area contributed by atoms with E-state index in [9.17, 15) is 8.42 Å². The SMILES string of the molecule is CCn1ncc(S(=O)(=O)N2CCO[C@@H](c3nccc(C)n3)C2)c1C. The summed E-state index contributed by atoms with van der Waals surface area (Å²) in [6, 6.07) is 1.79. The summed E-state index contributed by atoms with van der Waals surface area (Å²) in [5.74, 6) is 0.510. The Morgan fingerprint density at radius 3 is 2.83 bits per heavy atom. The van der Waals surface area contributed by atoms with E-state index in [1.165, 1.54) is 10.5 Å². The van der Waals surface area contributed by atoms with Crippen molar-refractivity contribution < 1.29 is 13.2 Å². The molecule has 1 fully saturated rings. The summed E-state index contributed by atoms with van der Waals surface area (Å²) in [4.78, 5) is 8.81. The van der Waals surface area contributed by atoms with E-state index in [4.69, 9.17) is 4.74 Å². The highest BCUT2D eigenvalue weighted by molar-refractivity contribution is 7.89. The van der Waals surface area contributed by atoms with Crippen LogP contribution in [0.3, 0.4) is 0 Å². The first kappa shape index (κ1) is 17.0. The number of aryl methyl sites for hydroxylation is 2. The summed E-state index contributed by atoms with van der Waals surface area (Å²) in [6.45, 7) is 7.00. The topological polar surface area (TPSA) is 90.2 Å². The molecule has 1 aliphatic heterocycles. The molecule has 1 atom stereocenters. The third kappa shape index (κ3) is 3.06. The molecule has 3 heterocycles. The van der Waals surface area contributed by atoms with Crippen LogP contribution in [-0.2, 0) is 21.3 Å². The summed E-state index contributed by atoms with van der Waals surface area (Å²) in [5, 5.41) is 4.14. The van der Waals surface area contributed by atoms with E-state index in [-0.39, 0.29) is 11.4 Å². The van der Waals surface area contributed by atoms with Crippen molar-refractivity contribution in [1.29, 1.82) is 0 Å². The number of aromatic nitrogens is 4. The molecular weight excluding hydrogens is 330 g/mol. The molecule has 9 heteroatoms. The van der Waals surface area contributed by atoms with Gasteiger partial charge in [0.1, 0.15) is 11.0 Å². The van der Waals surface area contributed by atoms with Gasteiger partial charge >= 0.3 is 0 Å². The van der Waals surface area contributed by atoms with Crippen molar-refractivity contribution in [2.75, 3.05) is 19.7 Å². The van der Waals surface area contributed by atoms with E-state index in [2.05, 4.69) is 15.1 Å². The fourth-order valence-electron chi connectivity index (χ4n) is 2.76. The molecule has 24 heavy (non-hydrogen) atoms. The fraction of sp³-hybridized carbons (Fsp3) is 0.533. The van der Waals surface area contributed by atoms with Crippen LogP contribution in [-0.4, -0.2) is 52.2 Å². The summed E-state index contributed by atoms with van der Waals surface area (Å²) in [7, 11) is -3.62. The maximum atomic E-state index is 13.0. The van der Waals surface area contributed by atoms with Gasteiger partial charge < -0.3 is 4.74 Å². The average Bonchev–Trinajstić information content (AvgIpc) is 2.96. The Hall–Kier alpha value is -1.84. The Labute approximate surface area is 141 Å². The molecule has 3 rings (SSSR count). The van der Waals surface area contributed by atoms with E-state index in [0.717, 1.165) is 5.69 Å². The van der Waals surface area contributed by atoms with Crippen molar-refractivity contribution in [2.45, 2.75) is 38.3 Å². The van der Waals surface area contributed by atoms with Gasteiger partial charge in [0.2, 0.25) is 10.0 Å². The smallest absolute Gasteiger partial charge is 0.246 e. The van der Waals surface area contributed by atoms with E-state index in [1.807, 2.05) is 13.8 Å². The van der Waals surface area contributed by atoms with E-state index >= 15 is 0 Å². The van der Waals surface area contributed by atoms with E-state index in [1.54, 1.807) is 23.9 Å². The number of morpholine rings is 1. The number of hydrogen-bond acceptors (Lipinski definition) is 6. The lowest BCUT2D eigenvalue weighted by molar-refractivity contribution is -0.00762. The predicted octanol–water partition coefficient (Wildman–Crippen LogP) is 1.07. The first-order valence-electron chi connectivity index (χ1n) is 7.87. The lowest BCUT2D eigenvalue weighted by Gasteiger charge is -2.31. The first-order valence-corrected chi connectivity index (χ1v) is 9.31. The molecule has 0 bridgehead atoms. The molecule has 2 aromatic rings. The summed E-state index contributed by atoms with van der Waals surface area (Å²) in [5.41, 5.74) is 1.47. The molecule has 0 aliphatic carbocycles. The fourth-order valence-corrected chi connectivity index (χ4v) is 4.35. The van der Waals surface area contributed by atoms with Crippen LogP contribution in [0.5, 0.6) is 0 Å². The summed E-state index contributed by atoms with van der Waals surface area (Å²) < 4.78 is 34.7. The molecule has 0 unspecified atom stereocenters. The van der Waals surface area contributed by atoms with Gasteiger partial charge in [-0.15, -0.1) is 0 Å². The molecule has 0 amide bonds. The van der Waals surface area contributed by atoms with Crippen LogP contribution in [0.2, 0.25) is 0 Å². The number of nitrogens with zero attached hydrogens (tertiary/aromatic N) is 5. The zero-order valence-electron chi connectivity index (χ0n) is 14.0. The van der Waals surface area contributed by atoms with Crippen LogP contribution >= 0.6 is 0 Å². The van der Waals surface area contributed by atoms with Gasteiger partial charge in [-0.1, -0.05) is 0 Å². The van der Waals surface area contributed by atoms with Gasteiger partial charge in [0.25, 0.3) is 0 Å². The Bertz CT molecular complexity index is 833. The minimum atomic E-state index is -3.62. The number of ether oxygens (including phenoxy) is 1. The van der Waals surface area contributed by atoms with Crippen molar-refractivity contribution in [1.82, 2.24) is 24.1 Å². The predicted molar refractivity (Wildman–Crippen MR) is 86.9 cm³/mol. The molecule has 2 aromatic heterocycles. The molecular formula is C15H21N5O3S. The Balaban J connectivity index is 1.87. The Morgan fingerprint density at radius 1 is 1.38 bits per heavy atom. The first-order chi connectivity index (χ1) is 11.4. The highest BCUT2D eigenvalue weighted by Gasteiger charge is 2.34. The molecule has 1 aliphatic rings. The van der Waals surface area contributed by atoms with Crippen molar-refractivity contribution in [2.24, 2.45) is 0 Å². The molecule has 0 saturated carbocycles. The highest BCUT2D eigenvalue weighted by atomic mass is 32.2. The van der Waals surface area contributed by atoms with Gasteiger partial charge in [0.05, 0.1) is 18.5 Å². The molecule has 1 saturated heterocycles. The second kappa shape index (κ2) is 6.58. The molecule has 8 nitrogen and oxygen atoms in total. The maximum absolute atomic E-state index is 13.0. The van der Waals surface area contributed by atoms with Gasteiger partial charge in [0.15, 0.2) is 5.82 Å². The van der Waals surface area contributed by atoms with Crippen LogP contribution < -0.4 is 0 Å². The highest BCUT2D eigenvalue weighted by Crippen LogP contribution is 2.26. The quantitative estimate of drug-likeness (QED) is 0.818. The zero-order chi connectivity index (χ0) is 17.3. The number of sulfonamides is 1. The lowest BCUT2D eigenvalue weighted by atomic mass is 10.3. The van der Waals surface area contributed by atoms with Crippen LogP contribution in [0.1, 0.15) is 30.2 Å². The molecule has 0 radical (unpaired) electrons. The van der Waals surface area contributed by atoms with Gasteiger partial charge in [-0.05, 0) is 26.8 Å². The van der Waals surface area contributed by atoms with Gasteiger partial charge in [0, 0.05) is 31.5 Å². The minimum absolute atomic E-state index is 0.197. The van der Waals surface area contributed by atoms with Crippen LogP contribution in [0.4, 0.5) is 0 Å². The third-order valence-electron chi connectivity index (χ3n) is 4.11. The van der Waals surface area contributed by atoms with E-state index in [0.29, 0.717) is 31.2 Å². The van der Waals surface area contributed by atoms with Gasteiger partial charge in [-0.2, -0.15) is 9.40 Å². The molecule has 130 valence electrons. The molecule has 0 spiro atoms. The lowest BCUT2D eigenvalue weighted by Crippen LogP contribution is -2.42. The third-order valence-corrected chi connectivity index (χ3v) is 6.07. The summed E-state index contributed by atoms with van der Waals surface area (Å²) >= 11 is 0. The maximum Gasteiger partial charge on any atom is 0.246 e. The zero-order valence-corrected chi connectivity index (χ0v) is 14.8. The second-order valence-electron chi connectivity index (χ2n) is 5.69. The average molecular weight is 351 g/mol. The van der Waals surface area contributed by atoms with Gasteiger partial charge in [-0.25, -0.2) is 18.4 Å². The minimum Gasteiger partial charge on any atom is -0.367 e. The van der Waals surface area contributed by atoms with Crippen LogP contribution in [0.25, 0.3) is 0 Å². The van der Waals surface area contributed by atoms with Gasteiger partial charge in [-0.3, -0.25) is 4.68 Å². The molecule has 0 N–H and O–H groups in total. The number of rotatable bonds is 4. The van der Waals surface area contributed by atoms with Crippen molar-refractivity contribution in [3.8, 4) is 0 Å². The second-order valence-corrected chi connectivity index (χ2v) is 7.60. The van der Waals surface area contributed by atoms with Crippen LogP contribution in [0, 0.1) is 13.8 Å². The Morgan fingerprint density at radius 2 is 2.17 bits per heavy atom.